The van der Waals surface area contributed by atoms with Crippen LogP contribution in [0.3, 0.4) is 0 Å². The second-order valence-electron chi connectivity index (χ2n) is 4.74. The van der Waals surface area contributed by atoms with Crippen LogP contribution in [0.5, 0.6) is 0 Å². The van der Waals surface area contributed by atoms with Crippen molar-refractivity contribution in [3.05, 3.63) is 59.4 Å². The Balaban J connectivity index is 2.05. The SMILES string of the molecule is Cc1c(N)cccc1S(=O)(=O)NCCc1ccc(F)cc1. The topological polar surface area (TPSA) is 72.2 Å². The summed E-state index contributed by atoms with van der Waals surface area (Å²) in [7, 11) is -3.60. The molecule has 0 aliphatic carbocycles. The first-order valence-corrected chi connectivity index (χ1v) is 7.97. The molecule has 2 aromatic carbocycles. The Morgan fingerprint density at radius 3 is 2.48 bits per heavy atom. The Morgan fingerprint density at radius 1 is 1.14 bits per heavy atom. The van der Waals surface area contributed by atoms with Crippen LogP contribution in [-0.4, -0.2) is 15.0 Å². The maximum absolute atomic E-state index is 12.8. The summed E-state index contributed by atoms with van der Waals surface area (Å²) in [5, 5.41) is 0. The second kappa shape index (κ2) is 6.24. The van der Waals surface area contributed by atoms with E-state index in [4.69, 9.17) is 5.73 Å². The van der Waals surface area contributed by atoms with Gasteiger partial charge in [-0.25, -0.2) is 17.5 Å². The van der Waals surface area contributed by atoms with Gasteiger partial charge >= 0.3 is 0 Å². The highest BCUT2D eigenvalue weighted by Gasteiger charge is 2.17. The standard InChI is InChI=1S/C15H17FN2O2S/c1-11-14(17)3-2-4-15(11)21(19,20)18-10-9-12-5-7-13(16)8-6-12/h2-8,18H,9-10,17H2,1H3. The van der Waals surface area contributed by atoms with Crippen LogP contribution in [0.15, 0.2) is 47.4 Å². The van der Waals surface area contributed by atoms with Gasteiger partial charge in [-0.3, -0.25) is 0 Å². The lowest BCUT2D eigenvalue weighted by Crippen LogP contribution is -2.26. The fourth-order valence-electron chi connectivity index (χ4n) is 1.98. The molecule has 0 aliphatic rings. The number of anilines is 1. The molecule has 0 spiro atoms. The molecule has 2 aromatic rings. The number of rotatable bonds is 5. The average Bonchev–Trinajstić information content (AvgIpc) is 2.44. The third kappa shape index (κ3) is 3.80. The summed E-state index contributed by atoms with van der Waals surface area (Å²) in [6, 6.07) is 10.8. The number of hydrogen-bond donors (Lipinski definition) is 2. The van der Waals surface area contributed by atoms with Gasteiger partial charge in [0.1, 0.15) is 5.82 Å². The maximum atomic E-state index is 12.8. The van der Waals surface area contributed by atoms with Crippen molar-refractivity contribution in [3.8, 4) is 0 Å². The summed E-state index contributed by atoms with van der Waals surface area (Å²) < 4.78 is 39.8. The molecule has 0 unspecified atom stereocenters. The van der Waals surface area contributed by atoms with Crippen molar-refractivity contribution in [2.24, 2.45) is 0 Å². The molecule has 0 saturated carbocycles. The molecule has 6 heteroatoms. The van der Waals surface area contributed by atoms with Gasteiger partial charge in [-0.05, 0) is 48.7 Å². The largest absolute Gasteiger partial charge is 0.398 e. The third-order valence-electron chi connectivity index (χ3n) is 3.23. The molecule has 0 amide bonds. The van der Waals surface area contributed by atoms with Crippen molar-refractivity contribution in [2.75, 3.05) is 12.3 Å². The molecule has 0 saturated heterocycles. The van der Waals surface area contributed by atoms with Gasteiger partial charge in [0.25, 0.3) is 0 Å². The molecule has 0 heterocycles. The van der Waals surface area contributed by atoms with E-state index in [9.17, 15) is 12.8 Å². The molecular formula is C15H17FN2O2S. The van der Waals surface area contributed by atoms with Crippen molar-refractivity contribution in [1.82, 2.24) is 4.72 Å². The zero-order valence-corrected chi connectivity index (χ0v) is 12.5. The minimum absolute atomic E-state index is 0.182. The van der Waals surface area contributed by atoms with Crippen LogP contribution in [-0.2, 0) is 16.4 Å². The highest BCUT2D eigenvalue weighted by atomic mass is 32.2. The summed E-state index contributed by atoms with van der Waals surface area (Å²) in [5.41, 5.74) is 7.56. The molecular weight excluding hydrogens is 291 g/mol. The number of benzene rings is 2. The van der Waals surface area contributed by atoms with E-state index >= 15 is 0 Å². The first kappa shape index (κ1) is 15.5. The van der Waals surface area contributed by atoms with Crippen LogP contribution < -0.4 is 10.5 Å². The van der Waals surface area contributed by atoms with Gasteiger partial charge in [-0.15, -0.1) is 0 Å². The van der Waals surface area contributed by atoms with Gasteiger partial charge in [0.05, 0.1) is 4.90 Å². The zero-order valence-electron chi connectivity index (χ0n) is 11.6. The molecule has 112 valence electrons. The van der Waals surface area contributed by atoms with E-state index in [-0.39, 0.29) is 17.3 Å². The molecule has 2 rings (SSSR count). The number of halogens is 1. The van der Waals surface area contributed by atoms with Crippen LogP contribution >= 0.6 is 0 Å². The van der Waals surface area contributed by atoms with Crippen LogP contribution in [0.25, 0.3) is 0 Å². The molecule has 0 aromatic heterocycles. The van der Waals surface area contributed by atoms with E-state index in [2.05, 4.69) is 4.72 Å². The minimum atomic E-state index is -3.60. The van der Waals surface area contributed by atoms with Crippen molar-refractivity contribution in [3.63, 3.8) is 0 Å². The maximum Gasteiger partial charge on any atom is 0.240 e. The minimum Gasteiger partial charge on any atom is -0.398 e. The summed E-state index contributed by atoms with van der Waals surface area (Å²) >= 11 is 0. The normalized spacial score (nSPS) is 11.5. The van der Waals surface area contributed by atoms with E-state index in [1.54, 1.807) is 31.2 Å². The quantitative estimate of drug-likeness (QED) is 0.832. The molecule has 0 fully saturated rings. The summed E-state index contributed by atoms with van der Waals surface area (Å²) in [5.74, 6) is -0.310. The van der Waals surface area contributed by atoms with Crippen LogP contribution in [0.4, 0.5) is 10.1 Å². The van der Waals surface area contributed by atoms with Crippen molar-refractivity contribution >= 4 is 15.7 Å². The number of nitrogens with two attached hydrogens (primary N) is 1. The highest BCUT2D eigenvalue weighted by molar-refractivity contribution is 7.89. The van der Waals surface area contributed by atoms with Gasteiger partial charge in [-0.2, -0.15) is 0 Å². The fourth-order valence-corrected chi connectivity index (χ4v) is 3.29. The lowest BCUT2D eigenvalue weighted by molar-refractivity contribution is 0.581. The predicted molar refractivity (Wildman–Crippen MR) is 80.9 cm³/mol. The Hall–Kier alpha value is -1.92. The number of nitrogen functional groups attached to an aromatic ring is 1. The number of sulfonamides is 1. The van der Waals surface area contributed by atoms with Crippen LogP contribution in [0.1, 0.15) is 11.1 Å². The lowest BCUT2D eigenvalue weighted by Gasteiger charge is -2.10. The summed E-state index contributed by atoms with van der Waals surface area (Å²) in [4.78, 5) is 0.182. The van der Waals surface area contributed by atoms with Crippen LogP contribution in [0.2, 0.25) is 0 Å². The smallest absolute Gasteiger partial charge is 0.240 e. The van der Waals surface area contributed by atoms with Crippen molar-refractivity contribution in [2.45, 2.75) is 18.2 Å². The third-order valence-corrected chi connectivity index (χ3v) is 4.84. The van der Waals surface area contributed by atoms with Crippen molar-refractivity contribution in [1.29, 1.82) is 0 Å². The molecule has 0 bridgehead atoms. The molecule has 0 radical (unpaired) electrons. The second-order valence-corrected chi connectivity index (χ2v) is 6.48. The molecule has 21 heavy (non-hydrogen) atoms. The first-order valence-electron chi connectivity index (χ1n) is 6.49. The van der Waals surface area contributed by atoms with Gasteiger partial charge in [0, 0.05) is 12.2 Å². The van der Waals surface area contributed by atoms with Crippen LogP contribution in [0, 0.1) is 12.7 Å². The molecule has 0 aliphatic heterocycles. The zero-order chi connectivity index (χ0) is 15.5. The Labute approximate surface area is 123 Å². The van der Waals surface area contributed by atoms with E-state index in [1.807, 2.05) is 0 Å². The Bertz CT molecular complexity index is 728. The number of nitrogens with one attached hydrogen (secondary N) is 1. The Kier molecular flexibility index (Phi) is 4.59. The lowest BCUT2D eigenvalue weighted by atomic mass is 10.1. The molecule has 0 atom stereocenters. The van der Waals surface area contributed by atoms with Gasteiger partial charge in [0.15, 0.2) is 0 Å². The van der Waals surface area contributed by atoms with E-state index in [0.717, 1.165) is 5.56 Å². The van der Waals surface area contributed by atoms with Gasteiger partial charge in [0.2, 0.25) is 10.0 Å². The van der Waals surface area contributed by atoms with Crippen molar-refractivity contribution < 1.29 is 12.8 Å². The highest BCUT2D eigenvalue weighted by Crippen LogP contribution is 2.20. The average molecular weight is 308 g/mol. The monoisotopic (exact) mass is 308 g/mol. The first-order chi connectivity index (χ1) is 9.90. The van der Waals surface area contributed by atoms with E-state index in [1.165, 1.54) is 18.2 Å². The van der Waals surface area contributed by atoms with E-state index < -0.39 is 10.0 Å². The number of hydrogen-bond acceptors (Lipinski definition) is 3. The fraction of sp³-hybridized carbons (Fsp3) is 0.200. The molecule has 3 N–H and O–H groups in total. The Morgan fingerprint density at radius 2 is 1.81 bits per heavy atom. The van der Waals surface area contributed by atoms with Gasteiger partial charge < -0.3 is 5.73 Å². The summed E-state index contributed by atoms with van der Waals surface area (Å²) in [6.45, 7) is 1.91. The molecule has 4 nitrogen and oxygen atoms in total. The summed E-state index contributed by atoms with van der Waals surface area (Å²) in [6.07, 6.45) is 0.487. The van der Waals surface area contributed by atoms with Gasteiger partial charge in [-0.1, -0.05) is 18.2 Å². The predicted octanol–water partition coefficient (Wildman–Crippen LogP) is 2.24. The van der Waals surface area contributed by atoms with E-state index in [0.29, 0.717) is 17.7 Å².